The molecule has 1 atom stereocenters. The lowest BCUT2D eigenvalue weighted by Gasteiger charge is -2.14. The zero-order valence-electron chi connectivity index (χ0n) is 13.2. The normalized spacial score (nSPS) is 11.7. The molecule has 2 rings (SSSR count). The summed E-state index contributed by atoms with van der Waals surface area (Å²) >= 11 is 0. The van der Waals surface area contributed by atoms with E-state index in [0.29, 0.717) is 6.07 Å². The third-order valence-electron chi connectivity index (χ3n) is 3.17. The van der Waals surface area contributed by atoms with Gasteiger partial charge in [-0.1, -0.05) is 0 Å². The third kappa shape index (κ3) is 4.37. The maximum Gasteiger partial charge on any atom is 0.328 e. The van der Waals surface area contributed by atoms with Crippen LogP contribution in [-0.4, -0.2) is 27.5 Å². The van der Waals surface area contributed by atoms with Gasteiger partial charge in [0.15, 0.2) is 23.6 Å². The molecule has 11 heteroatoms. The van der Waals surface area contributed by atoms with E-state index < -0.39 is 58.9 Å². The summed E-state index contributed by atoms with van der Waals surface area (Å²) in [6, 6.07) is 2.43. The second-order valence-electron chi connectivity index (χ2n) is 5.08. The summed E-state index contributed by atoms with van der Waals surface area (Å²) in [5.41, 5.74) is -2.13. The molecule has 0 bridgehead atoms. The van der Waals surface area contributed by atoms with Crippen molar-refractivity contribution in [2.75, 3.05) is 5.32 Å². The van der Waals surface area contributed by atoms with Crippen LogP contribution < -0.4 is 16.6 Å². The van der Waals surface area contributed by atoms with Crippen LogP contribution in [0.3, 0.4) is 0 Å². The minimum Gasteiger partial charge on any atom is -0.451 e. The summed E-state index contributed by atoms with van der Waals surface area (Å²) in [6.45, 7) is 0.563. The Hall–Kier alpha value is -3.37. The molecule has 2 N–H and O–H groups in total. The maximum absolute atomic E-state index is 13.5. The number of hydrogen-bond donors (Lipinski definition) is 2. The van der Waals surface area contributed by atoms with Gasteiger partial charge in [0.25, 0.3) is 11.5 Å². The highest BCUT2D eigenvalue weighted by Gasteiger charge is 2.21. The molecule has 1 aromatic heterocycles. The molecule has 0 unspecified atom stereocenters. The summed E-state index contributed by atoms with van der Waals surface area (Å²) in [4.78, 5) is 47.9. The van der Waals surface area contributed by atoms with Gasteiger partial charge in [0.05, 0.1) is 5.69 Å². The van der Waals surface area contributed by atoms with Gasteiger partial charge in [-0.2, -0.15) is 0 Å². The summed E-state index contributed by atoms with van der Waals surface area (Å²) in [5, 5.41) is 1.95. The summed E-state index contributed by atoms with van der Waals surface area (Å²) in [5.74, 6) is -6.78. The van der Waals surface area contributed by atoms with Gasteiger partial charge < -0.3 is 10.1 Å². The van der Waals surface area contributed by atoms with Crippen molar-refractivity contribution < 1.29 is 27.5 Å². The Kier molecular flexibility index (Phi) is 5.60. The zero-order chi connectivity index (χ0) is 19.4. The molecule has 0 aliphatic rings. The number of amides is 1. The summed E-state index contributed by atoms with van der Waals surface area (Å²) < 4.78 is 45.1. The standard InChI is InChI=1S/C15H12F3N3O5/c1-7(14(24)19-9-3-2-8(16)12(17)13(9)18)26-11(23)6-21-5-4-10(22)20-15(21)25/h2-5,7H,6H2,1H3,(H,19,24)(H,20,22,25)/t7-/m0/s1. The van der Waals surface area contributed by atoms with Crippen LogP contribution in [0.15, 0.2) is 34.0 Å². The van der Waals surface area contributed by atoms with Crippen molar-refractivity contribution >= 4 is 17.6 Å². The quantitative estimate of drug-likeness (QED) is 0.588. The van der Waals surface area contributed by atoms with E-state index in [2.05, 4.69) is 0 Å². The number of aromatic nitrogens is 2. The van der Waals surface area contributed by atoms with E-state index in [-0.39, 0.29) is 0 Å². The Balaban J connectivity index is 2.00. The summed E-state index contributed by atoms with van der Waals surface area (Å²) in [6.07, 6.45) is -0.363. The van der Waals surface area contributed by atoms with Gasteiger partial charge in [0.2, 0.25) is 0 Å². The van der Waals surface area contributed by atoms with Crippen LogP contribution in [0.25, 0.3) is 0 Å². The predicted octanol–water partition coefficient (Wildman–Crippen LogP) is 0.524. The SMILES string of the molecule is C[C@H](OC(=O)Cn1ccc(=O)[nH]c1=O)C(=O)Nc1ccc(F)c(F)c1F. The lowest BCUT2D eigenvalue weighted by atomic mass is 10.2. The van der Waals surface area contributed by atoms with E-state index in [0.717, 1.165) is 29.8 Å². The number of rotatable bonds is 5. The first kappa shape index (κ1) is 19.0. The van der Waals surface area contributed by atoms with Gasteiger partial charge in [-0.05, 0) is 19.1 Å². The van der Waals surface area contributed by atoms with E-state index in [1.165, 1.54) is 0 Å². The molecule has 0 aliphatic carbocycles. The van der Waals surface area contributed by atoms with Gasteiger partial charge in [0, 0.05) is 12.3 Å². The van der Waals surface area contributed by atoms with E-state index in [1.54, 1.807) is 0 Å². The minimum absolute atomic E-state index is 0.591. The number of carbonyl (C=O) groups is 2. The number of carbonyl (C=O) groups excluding carboxylic acids is 2. The average molecular weight is 371 g/mol. The fraction of sp³-hybridized carbons (Fsp3) is 0.200. The Morgan fingerprint density at radius 1 is 1.19 bits per heavy atom. The van der Waals surface area contributed by atoms with Crippen molar-refractivity contribution in [1.29, 1.82) is 0 Å². The molecule has 1 aromatic carbocycles. The highest BCUT2D eigenvalue weighted by molar-refractivity contribution is 5.95. The molecule has 0 saturated carbocycles. The molecular formula is C15H12F3N3O5. The second-order valence-corrected chi connectivity index (χ2v) is 5.08. The topological polar surface area (TPSA) is 110 Å². The largest absolute Gasteiger partial charge is 0.451 e. The minimum atomic E-state index is -1.76. The molecule has 1 heterocycles. The molecule has 0 radical (unpaired) electrons. The first-order valence-corrected chi connectivity index (χ1v) is 7.12. The van der Waals surface area contributed by atoms with Crippen LogP contribution in [0, 0.1) is 17.5 Å². The van der Waals surface area contributed by atoms with E-state index >= 15 is 0 Å². The van der Waals surface area contributed by atoms with Crippen molar-refractivity contribution in [3.63, 3.8) is 0 Å². The van der Waals surface area contributed by atoms with Crippen LogP contribution in [0.2, 0.25) is 0 Å². The van der Waals surface area contributed by atoms with Crippen molar-refractivity contribution in [2.45, 2.75) is 19.6 Å². The highest BCUT2D eigenvalue weighted by atomic mass is 19.2. The average Bonchev–Trinajstić information content (AvgIpc) is 2.57. The maximum atomic E-state index is 13.5. The first-order chi connectivity index (χ1) is 12.2. The number of halogens is 3. The van der Waals surface area contributed by atoms with Gasteiger partial charge in [-0.25, -0.2) is 18.0 Å². The van der Waals surface area contributed by atoms with Crippen LogP contribution in [0.1, 0.15) is 6.92 Å². The van der Waals surface area contributed by atoms with Gasteiger partial charge in [-0.3, -0.25) is 23.9 Å². The number of nitrogens with one attached hydrogen (secondary N) is 2. The van der Waals surface area contributed by atoms with Crippen LogP contribution in [0.5, 0.6) is 0 Å². The number of anilines is 1. The van der Waals surface area contributed by atoms with Crippen molar-refractivity contribution in [3.05, 3.63) is 62.7 Å². The Labute approximate surface area is 143 Å². The van der Waals surface area contributed by atoms with Crippen molar-refractivity contribution in [2.24, 2.45) is 0 Å². The molecule has 0 aliphatic heterocycles. The van der Waals surface area contributed by atoms with Crippen molar-refractivity contribution in [3.8, 4) is 0 Å². The molecule has 8 nitrogen and oxygen atoms in total. The van der Waals surface area contributed by atoms with Gasteiger partial charge in [-0.15, -0.1) is 0 Å². The fourth-order valence-corrected chi connectivity index (χ4v) is 1.85. The number of nitrogens with zero attached hydrogens (tertiary/aromatic N) is 1. The molecular weight excluding hydrogens is 359 g/mol. The number of esters is 1. The van der Waals surface area contributed by atoms with E-state index in [4.69, 9.17) is 4.74 Å². The van der Waals surface area contributed by atoms with Crippen LogP contribution >= 0.6 is 0 Å². The van der Waals surface area contributed by atoms with Crippen molar-refractivity contribution in [1.82, 2.24) is 9.55 Å². The molecule has 1 amide bonds. The highest BCUT2D eigenvalue weighted by Crippen LogP contribution is 2.19. The predicted molar refractivity (Wildman–Crippen MR) is 81.8 cm³/mol. The lowest BCUT2D eigenvalue weighted by Crippen LogP contribution is -2.35. The van der Waals surface area contributed by atoms with Gasteiger partial charge >= 0.3 is 11.7 Å². The number of aromatic amines is 1. The molecule has 0 saturated heterocycles. The fourth-order valence-electron chi connectivity index (χ4n) is 1.85. The smallest absolute Gasteiger partial charge is 0.328 e. The number of benzene rings is 1. The molecule has 138 valence electrons. The number of hydrogen-bond acceptors (Lipinski definition) is 5. The van der Waals surface area contributed by atoms with Crippen LogP contribution in [-0.2, 0) is 20.9 Å². The zero-order valence-corrected chi connectivity index (χ0v) is 13.2. The molecule has 26 heavy (non-hydrogen) atoms. The van der Waals surface area contributed by atoms with E-state index in [9.17, 15) is 32.3 Å². The third-order valence-corrected chi connectivity index (χ3v) is 3.17. The molecule has 0 fully saturated rings. The Bertz CT molecular complexity index is 970. The Morgan fingerprint density at radius 3 is 2.54 bits per heavy atom. The lowest BCUT2D eigenvalue weighted by molar-refractivity contribution is -0.153. The monoisotopic (exact) mass is 371 g/mol. The molecule has 2 aromatic rings. The second kappa shape index (κ2) is 7.68. The summed E-state index contributed by atoms with van der Waals surface area (Å²) in [7, 11) is 0. The first-order valence-electron chi connectivity index (χ1n) is 7.12. The number of ether oxygens (including phenoxy) is 1. The number of H-pyrrole nitrogens is 1. The molecule has 0 spiro atoms. The Morgan fingerprint density at radius 2 is 1.88 bits per heavy atom. The van der Waals surface area contributed by atoms with Gasteiger partial charge in [0.1, 0.15) is 6.54 Å². The van der Waals surface area contributed by atoms with Crippen LogP contribution in [0.4, 0.5) is 18.9 Å². The van der Waals surface area contributed by atoms with E-state index in [1.807, 2.05) is 10.3 Å².